The highest BCUT2D eigenvalue weighted by molar-refractivity contribution is 7.11. The molecule has 0 atom stereocenters. The van der Waals surface area contributed by atoms with Gasteiger partial charge in [0.15, 0.2) is 0 Å². The number of nitrogens with zero attached hydrogens (tertiary/aromatic N) is 3. The summed E-state index contributed by atoms with van der Waals surface area (Å²) in [6.45, 7) is 4.41. The molecule has 0 radical (unpaired) electrons. The number of hydrogen-bond acceptors (Lipinski definition) is 5. The average molecular weight is 330 g/mol. The number of methoxy groups -OCH3 is 1. The molecule has 0 fully saturated rings. The van der Waals surface area contributed by atoms with Gasteiger partial charge in [0.1, 0.15) is 0 Å². The Morgan fingerprint density at radius 3 is 2.83 bits per heavy atom. The Kier molecular flexibility index (Phi) is 4.04. The van der Waals surface area contributed by atoms with Crippen molar-refractivity contribution in [2.24, 2.45) is 7.05 Å². The molecule has 6 nitrogen and oxygen atoms in total. The Balaban J connectivity index is 1.79. The van der Waals surface area contributed by atoms with Gasteiger partial charge in [-0.1, -0.05) is 0 Å². The van der Waals surface area contributed by atoms with E-state index in [1.165, 1.54) is 0 Å². The van der Waals surface area contributed by atoms with E-state index in [-0.39, 0.29) is 5.91 Å². The summed E-state index contributed by atoms with van der Waals surface area (Å²) in [5, 5.41) is 9.20. The van der Waals surface area contributed by atoms with Crippen LogP contribution >= 0.6 is 11.3 Å². The molecule has 3 aromatic rings. The van der Waals surface area contributed by atoms with Crippen LogP contribution in [0.25, 0.3) is 10.9 Å². The standard InChI is InChI=1S/C16H18N4O2S/c1-9-14(23-10(2)18-9)8-17-15(21)11-5-6-12-13(7-11)19-20(3)16(12)22-4/h5-7H,8H2,1-4H3,(H,17,21). The Morgan fingerprint density at radius 2 is 2.17 bits per heavy atom. The molecule has 0 unspecified atom stereocenters. The molecule has 0 saturated heterocycles. The summed E-state index contributed by atoms with van der Waals surface area (Å²) in [5.74, 6) is 0.560. The maximum absolute atomic E-state index is 12.3. The molecule has 1 aromatic carbocycles. The Morgan fingerprint density at radius 1 is 1.39 bits per heavy atom. The summed E-state index contributed by atoms with van der Waals surface area (Å²) in [6.07, 6.45) is 0. The summed E-state index contributed by atoms with van der Waals surface area (Å²) in [6, 6.07) is 5.42. The van der Waals surface area contributed by atoms with E-state index in [0.717, 1.165) is 26.5 Å². The zero-order valence-electron chi connectivity index (χ0n) is 13.5. The molecule has 0 bridgehead atoms. The smallest absolute Gasteiger partial charge is 0.251 e. The summed E-state index contributed by atoms with van der Waals surface area (Å²) in [4.78, 5) is 17.8. The number of rotatable bonds is 4. The van der Waals surface area contributed by atoms with Gasteiger partial charge in [0.2, 0.25) is 5.88 Å². The van der Waals surface area contributed by atoms with E-state index >= 15 is 0 Å². The maximum atomic E-state index is 12.3. The van der Waals surface area contributed by atoms with Gasteiger partial charge in [-0.15, -0.1) is 11.3 Å². The molecule has 0 saturated carbocycles. The van der Waals surface area contributed by atoms with E-state index in [4.69, 9.17) is 4.74 Å². The normalized spacial score (nSPS) is 11.0. The van der Waals surface area contributed by atoms with Gasteiger partial charge in [0, 0.05) is 17.5 Å². The molecular weight excluding hydrogens is 312 g/mol. The van der Waals surface area contributed by atoms with E-state index in [2.05, 4.69) is 15.4 Å². The largest absolute Gasteiger partial charge is 0.481 e. The predicted molar refractivity (Wildman–Crippen MR) is 90.0 cm³/mol. The van der Waals surface area contributed by atoms with Crippen LogP contribution in [0, 0.1) is 13.8 Å². The number of amides is 1. The van der Waals surface area contributed by atoms with Gasteiger partial charge in [-0.05, 0) is 32.0 Å². The third-order valence-electron chi connectivity index (χ3n) is 3.64. The van der Waals surface area contributed by atoms with Crippen molar-refractivity contribution in [1.29, 1.82) is 0 Å². The van der Waals surface area contributed by atoms with Crippen LogP contribution in [0.2, 0.25) is 0 Å². The molecule has 0 spiro atoms. The first kappa shape index (κ1) is 15.5. The first-order chi connectivity index (χ1) is 11.0. The quantitative estimate of drug-likeness (QED) is 0.798. The number of aromatic nitrogens is 3. The second-order valence-corrected chi connectivity index (χ2v) is 6.58. The minimum atomic E-state index is -0.123. The second kappa shape index (κ2) is 6.00. The number of ether oxygens (including phenoxy) is 1. The van der Waals surface area contributed by atoms with E-state index < -0.39 is 0 Å². The lowest BCUT2D eigenvalue weighted by molar-refractivity contribution is 0.0951. The number of carbonyl (C=O) groups is 1. The lowest BCUT2D eigenvalue weighted by atomic mass is 10.1. The summed E-state index contributed by atoms with van der Waals surface area (Å²) in [5.41, 5.74) is 2.29. The van der Waals surface area contributed by atoms with Crippen LogP contribution < -0.4 is 10.1 Å². The lowest BCUT2D eigenvalue weighted by Gasteiger charge is -2.04. The first-order valence-corrected chi connectivity index (χ1v) is 8.03. The van der Waals surface area contributed by atoms with Crippen molar-refractivity contribution < 1.29 is 9.53 Å². The zero-order chi connectivity index (χ0) is 16.6. The van der Waals surface area contributed by atoms with Gasteiger partial charge in [-0.25, -0.2) is 9.67 Å². The van der Waals surface area contributed by atoms with Crippen LogP contribution in [0.4, 0.5) is 0 Å². The number of aryl methyl sites for hydroxylation is 3. The summed E-state index contributed by atoms with van der Waals surface area (Å²) < 4.78 is 6.98. The molecule has 23 heavy (non-hydrogen) atoms. The van der Waals surface area contributed by atoms with Crippen LogP contribution in [0.5, 0.6) is 5.88 Å². The highest BCUT2D eigenvalue weighted by Gasteiger charge is 2.13. The fourth-order valence-corrected chi connectivity index (χ4v) is 3.44. The molecule has 0 aliphatic heterocycles. The van der Waals surface area contributed by atoms with Gasteiger partial charge < -0.3 is 10.1 Å². The monoisotopic (exact) mass is 330 g/mol. The van der Waals surface area contributed by atoms with Crippen molar-refractivity contribution in [3.05, 3.63) is 39.3 Å². The Labute approximate surface area is 138 Å². The van der Waals surface area contributed by atoms with Crippen molar-refractivity contribution in [1.82, 2.24) is 20.1 Å². The van der Waals surface area contributed by atoms with Crippen molar-refractivity contribution in [3.63, 3.8) is 0 Å². The fourth-order valence-electron chi connectivity index (χ4n) is 2.56. The second-order valence-electron chi connectivity index (χ2n) is 5.29. The Bertz CT molecular complexity index is 882. The van der Waals surface area contributed by atoms with Crippen molar-refractivity contribution >= 4 is 28.1 Å². The third-order valence-corrected chi connectivity index (χ3v) is 4.72. The molecule has 2 heterocycles. The lowest BCUT2D eigenvalue weighted by Crippen LogP contribution is -2.22. The van der Waals surface area contributed by atoms with Gasteiger partial charge >= 0.3 is 0 Å². The van der Waals surface area contributed by atoms with E-state index in [1.54, 1.807) is 35.3 Å². The fraction of sp³-hybridized carbons (Fsp3) is 0.312. The number of nitrogens with one attached hydrogen (secondary N) is 1. The molecule has 120 valence electrons. The van der Waals surface area contributed by atoms with E-state index in [1.807, 2.05) is 27.0 Å². The molecule has 0 aliphatic carbocycles. The van der Waals surface area contributed by atoms with Crippen LogP contribution in [0.3, 0.4) is 0 Å². The number of benzene rings is 1. The highest BCUT2D eigenvalue weighted by atomic mass is 32.1. The van der Waals surface area contributed by atoms with Crippen LogP contribution in [-0.4, -0.2) is 27.8 Å². The Hall–Kier alpha value is -2.41. The molecular formula is C16H18N4O2S. The van der Waals surface area contributed by atoms with Crippen LogP contribution in [0.1, 0.15) is 25.9 Å². The summed E-state index contributed by atoms with van der Waals surface area (Å²) >= 11 is 1.60. The first-order valence-electron chi connectivity index (χ1n) is 7.21. The highest BCUT2D eigenvalue weighted by Crippen LogP contribution is 2.25. The SMILES string of the molecule is COc1c2ccc(C(=O)NCc3sc(C)nc3C)cc2nn1C. The van der Waals surface area contributed by atoms with Crippen LogP contribution in [0.15, 0.2) is 18.2 Å². The number of fused-ring (bicyclic) bond motifs is 1. The van der Waals surface area contributed by atoms with Gasteiger partial charge in [-0.3, -0.25) is 4.79 Å². The van der Waals surface area contributed by atoms with Crippen molar-refractivity contribution in [2.45, 2.75) is 20.4 Å². The average Bonchev–Trinajstić information content (AvgIpc) is 3.01. The van der Waals surface area contributed by atoms with Crippen molar-refractivity contribution in [2.75, 3.05) is 7.11 Å². The molecule has 3 rings (SSSR count). The molecule has 0 aliphatic rings. The minimum Gasteiger partial charge on any atom is -0.481 e. The van der Waals surface area contributed by atoms with E-state index in [9.17, 15) is 4.79 Å². The summed E-state index contributed by atoms with van der Waals surface area (Å²) in [7, 11) is 3.42. The number of hydrogen-bond donors (Lipinski definition) is 1. The van der Waals surface area contributed by atoms with E-state index in [0.29, 0.717) is 18.0 Å². The van der Waals surface area contributed by atoms with Crippen molar-refractivity contribution in [3.8, 4) is 5.88 Å². The topological polar surface area (TPSA) is 69.0 Å². The number of carbonyl (C=O) groups excluding carboxylic acids is 1. The zero-order valence-corrected chi connectivity index (χ0v) is 14.3. The maximum Gasteiger partial charge on any atom is 0.251 e. The van der Waals surface area contributed by atoms with Crippen LogP contribution in [-0.2, 0) is 13.6 Å². The minimum absolute atomic E-state index is 0.123. The molecule has 1 N–H and O–H groups in total. The molecule has 7 heteroatoms. The van der Waals surface area contributed by atoms with Gasteiger partial charge in [0.05, 0.1) is 35.3 Å². The molecule has 1 amide bonds. The predicted octanol–water partition coefficient (Wildman–Crippen LogP) is 2.59. The number of thiazole rings is 1. The van der Waals surface area contributed by atoms with Gasteiger partial charge in [0.25, 0.3) is 5.91 Å². The van der Waals surface area contributed by atoms with Gasteiger partial charge in [-0.2, -0.15) is 5.10 Å². The molecule has 2 aromatic heterocycles. The third kappa shape index (κ3) is 2.92.